The largest absolute Gasteiger partial charge is 0.480 e. The summed E-state index contributed by atoms with van der Waals surface area (Å²) in [5.41, 5.74) is 0.0651. The number of benzene rings is 1. The van der Waals surface area contributed by atoms with E-state index in [2.05, 4.69) is 10.3 Å². The van der Waals surface area contributed by atoms with Crippen molar-refractivity contribution < 1.29 is 27.9 Å². The Morgan fingerprint density at radius 3 is 2.64 bits per heavy atom. The number of aliphatic carboxylic acids is 1. The normalized spacial score (nSPS) is 12.2. The fourth-order valence-corrected chi connectivity index (χ4v) is 2.22. The molecular weight excluding hydrogens is 334 g/mol. The second-order valence-corrected chi connectivity index (χ2v) is 5.87. The molecule has 0 spiro atoms. The molecule has 1 aromatic heterocycles. The summed E-state index contributed by atoms with van der Waals surface area (Å²) >= 11 is 0. The van der Waals surface area contributed by atoms with E-state index in [9.17, 15) is 18.4 Å². The van der Waals surface area contributed by atoms with E-state index < -0.39 is 29.6 Å². The highest BCUT2D eigenvalue weighted by Crippen LogP contribution is 2.24. The van der Waals surface area contributed by atoms with Crippen molar-refractivity contribution in [2.75, 3.05) is 0 Å². The highest BCUT2D eigenvalue weighted by molar-refractivity contribution is 5.83. The lowest BCUT2D eigenvalue weighted by atomic mass is 10.0. The molecule has 0 saturated carbocycles. The van der Waals surface area contributed by atoms with Crippen LogP contribution >= 0.6 is 0 Å². The van der Waals surface area contributed by atoms with Crippen LogP contribution in [0.1, 0.15) is 26.2 Å². The summed E-state index contributed by atoms with van der Waals surface area (Å²) in [5.74, 6) is -2.96. The number of carbonyl (C=O) groups is 2. The van der Waals surface area contributed by atoms with E-state index in [1.807, 2.05) is 0 Å². The van der Waals surface area contributed by atoms with Gasteiger partial charge in [0.05, 0.1) is 11.8 Å². The van der Waals surface area contributed by atoms with E-state index in [4.69, 9.17) is 9.52 Å². The van der Waals surface area contributed by atoms with Crippen LogP contribution in [0.2, 0.25) is 0 Å². The molecule has 1 aromatic carbocycles. The van der Waals surface area contributed by atoms with Gasteiger partial charge in [0.1, 0.15) is 17.7 Å². The summed E-state index contributed by atoms with van der Waals surface area (Å²) in [6, 6.07) is 2.11. The molecule has 8 heteroatoms. The van der Waals surface area contributed by atoms with Crippen molar-refractivity contribution in [1.29, 1.82) is 0 Å². The molecule has 2 N–H and O–H groups in total. The SMILES string of the molecule is CC(C)[C@@H](NC(=O)CCc1ncc(-c2ccc(F)cc2F)o1)C(=O)O. The molecule has 25 heavy (non-hydrogen) atoms. The molecule has 0 bridgehead atoms. The van der Waals surface area contributed by atoms with E-state index in [0.29, 0.717) is 0 Å². The van der Waals surface area contributed by atoms with Crippen molar-refractivity contribution in [2.24, 2.45) is 5.92 Å². The minimum atomic E-state index is -1.10. The van der Waals surface area contributed by atoms with Crippen molar-refractivity contribution in [3.05, 3.63) is 41.9 Å². The van der Waals surface area contributed by atoms with Gasteiger partial charge in [-0.25, -0.2) is 18.6 Å². The molecule has 0 aliphatic rings. The molecule has 2 aromatic rings. The van der Waals surface area contributed by atoms with Gasteiger partial charge in [0, 0.05) is 18.9 Å². The maximum atomic E-state index is 13.7. The number of aromatic nitrogens is 1. The molecule has 0 radical (unpaired) electrons. The number of oxazole rings is 1. The van der Waals surface area contributed by atoms with Crippen LogP contribution in [0, 0.1) is 17.6 Å². The lowest BCUT2D eigenvalue weighted by Gasteiger charge is -2.17. The second kappa shape index (κ2) is 7.87. The van der Waals surface area contributed by atoms with Crippen LogP contribution in [0.3, 0.4) is 0 Å². The van der Waals surface area contributed by atoms with Gasteiger partial charge < -0.3 is 14.8 Å². The zero-order chi connectivity index (χ0) is 18.6. The topological polar surface area (TPSA) is 92.4 Å². The van der Waals surface area contributed by atoms with Gasteiger partial charge in [-0.3, -0.25) is 4.79 Å². The Kier molecular flexibility index (Phi) is 5.84. The first-order valence-corrected chi connectivity index (χ1v) is 7.70. The summed E-state index contributed by atoms with van der Waals surface area (Å²) in [6.45, 7) is 3.38. The average Bonchev–Trinajstić information content (AvgIpc) is 2.98. The molecule has 134 valence electrons. The first-order valence-electron chi connectivity index (χ1n) is 7.70. The van der Waals surface area contributed by atoms with E-state index >= 15 is 0 Å². The molecule has 0 fully saturated rings. The number of carboxylic acid groups (broad SMARTS) is 1. The van der Waals surface area contributed by atoms with Crippen LogP contribution < -0.4 is 5.32 Å². The number of amides is 1. The van der Waals surface area contributed by atoms with E-state index in [-0.39, 0.29) is 36.0 Å². The van der Waals surface area contributed by atoms with Crippen molar-refractivity contribution in [1.82, 2.24) is 10.3 Å². The summed E-state index contributed by atoms with van der Waals surface area (Å²) < 4.78 is 32.0. The number of hydrogen-bond donors (Lipinski definition) is 2. The zero-order valence-corrected chi connectivity index (χ0v) is 13.8. The Balaban J connectivity index is 1.97. The Morgan fingerprint density at radius 2 is 2.04 bits per heavy atom. The fraction of sp³-hybridized carbons (Fsp3) is 0.353. The Bertz CT molecular complexity index is 774. The highest BCUT2D eigenvalue weighted by Gasteiger charge is 2.23. The van der Waals surface area contributed by atoms with Crippen LogP contribution in [0.25, 0.3) is 11.3 Å². The molecule has 1 heterocycles. The van der Waals surface area contributed by atoms with Crippen LogP contribution in [0.5, 0.6) is 0 Å². The van der Waals surface area contributed by atoms with E-state index in [0.717, 1.165) is 12.1 Å². The van der Waals surface area contributed by atoms with Gasteiger partial charge in [-0.2, -0.15) is 0 Å². The quantitative estimate of drug-likeness (QED) is 0.799. The number of carboxylic acids is 1. The maximum Gasteiger partial charge on any atom is 0.326 e. The standard InChI is InChI=1S/C17H18F2N2O4/c1-9(2)16(17(23)24)21-14(22)5-6-15-20-8-13(25-15)11-4-3-10(18)7-12(11)19/h3-4,7-9,16H,5-6H2,1-2H3,(H,21,22)(H,23,24)/t16-/m1/s1. The number of rotatable bonds is 7. The molecule has 0 aliphatic heterocycles. The zero-order valence-electron chi connectivity index (χ0n) is 13.8. The van der Waals surface area contributed by atoms with Crippen LogP contribution in [-0.2, 0) is 16.0 Å². The third kappa shape index (κ3) is 4.85. The molecular formula is C17H18F2N2O4. The number of aryl methyl sites for hydroxylation is 1. The summed E-state index contributed by atoms with van der Waals surface area (Å²) in [4.78, 5) is 26.9. The van der Waals surface area contributed by atoms with Gasteiger partial charge in [-0.15, -0.1) is 0 Å². The monoisotopic (exact) mass is 352 g/mol. The molecule has 0 aliphatic carbocycles. The Hall–Kier alpha value is -2.77. The lowest BCUT2D eigenvalue weighted by Crippen LogP contribution is -2.44. The van der Waals surface area contributed by atoms with Crippen molar-refractivity contribution in [3.63, 3.8) is 0 Å². The van der Waals surface area contributed by atoms with Crippen molar-refractivity contribution in [3.8, 4) is 11.3 Å². The number of nitrogens with zero attached hydrogens (tertiary/aromatic N) is 1. The molecule has 0 saturated heterocycles. The lowest BCUT2D eigenvalue weighted by molar-refractivity contribution is -0.143. The van der Waals surface area contributed by atoms with Gasteiger partial charge in [-0.05, 0) is 18.1 Å². The predicted octanol–water partition coefficient (Wildman–Crippen LogP) is 2.78. The molecule has 6 nitrogen and oxygen atoms in total. The highest BCUT2D eigenvalue weighted by atomic mass is 19.1. The van der Waals surface area contributed by atoms with Gasteiger partial charge in [0.25, 0.3) is 0 Å². The molecule has 1 amide bonds. The first kappa shape index (κ1) is 18.6. The predicted molar refractivity (Wildman–Crippen MR) is 84.6 cm³/mol. The number of nitrogens with one attached hydrogen (secondary N) is 1. The van der Waals surface area contributed by atoms with Crippen LogP contribution in [0.4, 0.5) is 8.78 Å². The molecule has 2 rings (SSSR count). The minimum Gasteiger partial charge on any atom is -0.480 e. The molecule has 0 unspecified atom stereocenters. The van der Waals surface area contributed by atoms with E-state index in [1.165, 1.54) is 12.3 Å². The fourth-order valence-electron chi connectivity index (χ4n) is 2.22. The number of halogens is 2. The van der Waals surface area contributed by atoms with Gasteiger partial charge >= 0.3 is 5.97 Å². The van der Waals surface area contributed by atoms with Crippen molar-refractivity contribution >= 4 is 11.9 Å². The Labute approximate surface area is 142 Å². The van der Waals surface area contributed by atoms with E-state index in [1.54, 1.807) is 13.8 Å². The Morgan fingerprint density at radius 1 is 1.32 bits per heavy atom. The number of hydrogen-bond acceptors (Lipinski definition) is 4. The number of carbonyl (C=O) groups excluding carboxylic acids is 1. The minimum absolute atomic E-state index is 0.0254. The smallest absolute Gasteiger partial charge is 0.326 e. The first-order chi connectivity index (χ1) is 11.8. The third-order valence-electron chi connectivity index (χ3n) is 3.57. The summed E-state index contributed by atoms with van der Waals surface area (Å²) in [6.07, 6.45) is 1.39. The third-order valence-corrected chi connectivity index (χ3v) is 3.57. The average molecular weight is 352 g/mol. The molecule has 1 atom stereocenters. The van der Waals surface area contributed by atoms with Gasteiger partial charge in [0.2, 0.25) is 5.91 Å². The van der Waals surface area contributed by atoms with Gasteiger partial charge in [0.15, 0.2) is 11.7 Å². The second-order valence-electron chi connectivity index (χ2n) is 5.87. The maximum absolute atomic E-state index is 13.7. The van der Waals surface area contributed by atoms with Crippen LogP contribution in [-0.4, -0.2) is 28.0 Å². The summed E-state index contributed by atoms with van der Waals surface area (Å²) in [5, 5.41) is 11.5. The van der Waals surface area contributed by atoms with Crippen LogP contribution in [0.15, 0.2) is 28.8 Å². The van der Waals surface area contributed by atoms with Gasteiger partial charge in [-0.1, -0.05) is 13.8 Å². The van der Waals surface area contributed by atoms with Crippen molar-refractivity contribution in [2.45, 2.75) is 32.7 Å². The summed E-state index contributed by atoms with van der Waals surface area (Å²) in [7, 11) is 0.